The van der Waals surface area contributed by atoms with Crippen LogP contribution in [0.25, 0.3) is 94.4 Å². The van der Waals surface area contributed by atoms with Crippen LogP contribution in [0.15, 0.2) is 164 Å². The van der Waals surface area contributed by atoms with Gasteiger partial charge in [-0.15, -0.1) is 0 Å². The normalized spacial score (nSPS) is 11.8. The molecule has 3 nitrogen and oxygen atoms in total. The Morgan fingerprint density at radius 2 is 0.936 bits per heavy atom. The Balaban J connectivity index is 1.31. The zero-order valence-electron chi connectivity index (χ0n) is 25.4. The second-order valence-corrected chi connectivity index (χ2v) is 12.2. The molecule has 2 heterocycles. The molecule has 0 fully saturated rings. The minimum absolute atomic E-state index is 0.711. The van der Waals surface area contributed by atoms with Crippen LogP contribution in [0, 0.1) is 0 Å². The van der Waals surface area contributed by atoms with Gasteiger partial charge in [-0.2, -0.15) is 0 Å². The largest absolute Gasteiger partial charge is 0.309 e. The van der Waals surface area contributed by atoms with Gasteiger partial charge in [0.25, 0.3) is 0 Å². The second kappa shape index (κ2) is 10.1. The van der Waals surface area contributed by atoms with Crippen LogP contribution in [-0.4, -0.2) is 14.5 Å². The maximum atomic E-state index is 5.23. The summed E-state index contributed by atoms with van der Waals surface area (Å²) in [6.07, 6.45) is 0. The molecule has 1 aliphatic rings. The third-order valence-electron chi connectivity index (χ3n) is 9.55. The minimum Gasteiger partial charge on any atom is -0.309 e. The van der Waals surface area contributed by atoms with Crippen molar-refractivity contribution < 1.29 is 0 Å². The number of nitrogens with zero attached hydrogens (tertiary/aromatic N) is 3. The van der Waals surface area contributed by atoms with Crippen molar-refractivity contribution in [3.05, 3.63) is 164 Å². The van der Waals surface area contributed by atoms with Gasteiger partial charge in [-0.05, 0) is 57.3 Å². The van der Waals surface area contributed by atoms with Crippen LogP contribution >= 0.6 is 0 Å². The highest BCUT2D eigenvalue weighted by Crippen LogP contribution is 2.50. The summed E-state index contributed by atoms with van der Waals surface area (Å²) in [7, 11) is 0. The van der Waals surface area contributed by atoms with Gasteiger partial charge in [0.15, 0.2) is 5.82 Å². The topological polar surface area (TPSA) is 30.7 Å². The highest BCUT2D eigenvalue weighted by atomic mass is 15.0. The third-order valence-corrected chi connectivity index (χ3v) is 9.55. The molecule has 1 aliphatic carbocycles. The van der Waals surface area contributed by atoms with Crippen LogP contribution in [-0.2, 0) is 0 Å². The molecule has 0 bridgehead atoms. The number of para-hydroxylation sites is 1. The van der Waals surface area contributed by atoms with Crippen molar-refractivity contribution in [3.8, 4) is 61.8 Å². The van der Waals surface area contributed by atoms with Crippen LogP contribution in [0.4, 0.5) is 0 Å². The fraction of sp³-hybridized carbons (Fsp3) is 0. The number of hydrogen-bond acceptors (Lipinski definition) is 2. The lowest BCUT2D eigenvalue weighted by atomic mass is 9.93. The molecule has 0 saturated heterocycles. The molecule has 0 atom stereocenters. The van der Waals surface area contributed by atoms with Crippen molar-refractivity contribution in [3.63, 3.8) is 0 Å². The summed E-state index contributed by atoms with van der Waals surface area (Å²) in [4.78, 5) is 10.3. The maximum absolute atomic E-state index is 5.23. The van der Waals surface area contributed by atoms with Crippen LogP contribution in [0.1, 0.15) is 0 Å². The van der Waals surface area contributed by atoms with E-state index in [2.05, 4.69) is 144 Å². The Labute approximate surface area is 272 Å². The summed E-state index contributed by atoms with van der Waals surface area (Å²) in [5.74, 6) is 0.711. The van der Waals surface area contributed by atoms with Crippen LogP contribution in [0.5, 0.6) is 0 Å². The van der Waals surface area contributed by atoms with Crippen molar-refractivity contribution in [2.45, 2.75) is 0 Å². The van der Waals surface area contributed by atoms with Gasteiger partial charge >= 0.3 is 0 Å². The molecule has 0 unspecified atom stereocenters. The van der Waals surface area contributed by atoms with Crippen molar-refractivity contribution in [2.75, 3.05) is 0 Å². The Morgan fingerprint density at radius 1 is 0.362 bits per heavy atom. The predicted molar refractivity (Wildman–Crippen MR) is 195 cm³/mol. The third kappa shape index (κ3) is 3.87. The van der Waals surface area contributed by atoms with Crippen molar-refractivity contribution in [1.82, 2.24) is 14.5 Å². The lowest BCUT2D eigenvalue weighted by molar-refractivity contribution is 1.15. The van der Waals surface area contributed by atoms with E-state index in [1.165, 1.54) is 54.8 Å². The standard InChI is InChI=1S/C44H27N3/c1-3-13-28(14-4-1)36-27-37(46-44(45-36)30-15-5-2-6-16-30)35-20-9-10-23-38(35)47-39-24-12-22-34-32-19-8-7-18-31(32)33-21-11-17-29-25-26-40(47)43(41(29)33)42(34)39/h1-27H. The smallest absolute Gasteiger partial charge is 0.160 e. The number of fused-ring (bicyclic) bond motifs is 3. The molecular weight excluding hydrogens is 571 g/mol. The van der Waals surface area contributed by atoms with Gasteiger partial charge in [-0.25, -0.2) is 9.97 Å². The summed E-state index contributed by atoms with van der Waals surface area (Å²) in [6.45, 7) is 0. The van der Waals surface area contributed by atoms with Gasteiger partial charge in [0.1, 0.15) is 0 Å². The van der Waals surface area contributed by atoms with E-state index in [4.69, 9.17) is 9.97 Å². The van der Waals surface area contributed by atoms with E-state index in [0.717, 1.165) is 33.8 Å². The Kier molecular flexibility index (Phi) is 5.57. The van der Waals surface area contributed by atoms with Crippen LogP contribution < -0.4 is 0 Å². The zero-order valence-corrected chi connectivity index (χ0v) is 25.4. The average molecular weight is 598 g/mol. The van der Waals surface area contributed by atoms with Crippen LogP contribution in [0.3, 0.4) is 0 Å². The first-order chi connectivity index (χ1) is 23.3. The van der Waals surface area contributed by atoms with Gasteiger partial charge < -0.3 is 4.57 Å². The van der Waals surface area contributed by atoms with Crippen LogP contribution in [0.2, 0.25) is 0 Å². The molecule has 7 aromatic carbocycles. The quantitative estimate of drug-likeness (QED) is 0.202. The molecule has 0 N–H and O–H groups in total. The molecule has 2 aromatic heterocycles. The molecule has 9 aromatic rings. The van der Waals surface area contributed by atoms with E-state index in [9.17, 15) is 0 Å². The number of benzene rings is 7. The molecule has 218 valence electrons. The highest BCUT2D eigenvalue weighted by Gasteiger charge is 2.25. The number of rotatable bonds is 4. The van der Waals surface area contributed by atoms with E-state index in [-0.39, 0.29) is 0 Å². The summed E-state index contributed by atoms with van der Waals surface area (Å²) in [5.41, 5.74) is 13.5. The first kappa shape index (κ1) is 26.0. The highest BCUT2D eigenvalue weighted by molar-refractivity contribution is 6.30. The average Bonchev–Trinajstić information content (AvgIpc) is 3.43. The molecule has 0 amide bonds. The van der Waals surface area contributed by atoms with E-state index in [1.807, 2.05) is 24.3 Å². The molecule has 10 rings (SSSR count). The molecular formula is C44H27N3. The first-order valence-corrected chi connectivity index (χ1v) is 16.0. The van der Waals surface area contributed by atoms with Crippen molar-refractivity contribution in [2.24, 2.45) is 0 Å². The summed E-state index contributed by atoms with van der Waals surface area (Å²) >= 11 is 0. The van der Waals surface area contributed by atoms with E-state index < -0.39 is 0 Å². The van der Waals surface area contributed by atoms with Crippen molar-refractivity contribution in [1.29, 1.82) is 0 Å². The fourth-order valence-electron chi connectivity index (χ4n) is 7.53. The van der Waals surface area contributed by atoms with E-state index in [0.29, 0.717) is 5.82 Å². The maximum Gasteiger partial charge on any atom is 0.160 e. The molecule has 0 saturated carbocycles. The lowest BCUT2D eigenvalue weighted by Crippen LogP contribution is -2.01. The molecule has 0 radical (unpaired) electrons. The van der Waals surface area contributed by atoms with E-state index >= 15 is 0 Å². The molecule has 0 spiro atoms. The summed E-state index contributed by atoms with van der Waals surface area (Å²) in [6, 6.07) is 58.3. The summed E-state index contributed by atoms with van der Waals surface area (Å²) < 4.78 is 2.44. The van der Waals surface area contributed by atoms with Gasteiger partial charge in [0, 0.05) is 27.5 Å². The monoisotopic (exact) mass is 597 g/mol. The van der Waals surface area contributed by atoms with Crippen molar-refractivity contribution >= 4 is 32.6 Å². The Bertz CT molecular complexity index is 2610. The minimum atomic E-state index is 0.711. The van der Waals surface area contributed by atoms with Gasteiger partial charge in [-0.1, -0.05) is 140 Å². The molecule has 3 heteroatoms. The van der Waals surface area contributed by atoms with E-state index in [1.54, 1.807) is 0 Å². The second-order valence-electron chi connectivity index (χ2n) is 12.2. The summed E-state index contributed by atoms with van der Waals surface area (Å²) in [5, 5.41) is 5.15. The van der Waals surface area contributed by atoms with Gasteiger partial charge in [-0.3, -0.25) is 0 Å². The predicted octanol–water partition coefficient (Wildman–Crippen LogP) is 11.4. The lowest BCUT2D eigenvalue weighted by Gasteiger charge is -2.16. The number of aromatic nitrogens is 3. The van der Waals surface area contributed by atoms with Gasteiger partial charge in [0.2, 0.25) is 0 Å². The number of hydrogen-bond donors (Lipinski definition) is 0. The Hall–Kier alpha value is -6.32. The Morgan fingerprint density at radius 3 is 1.70 bits per heavy atom. The first-order valence-electron chi connectivity index (χ1n) is 16.0. The SMILES string of the molecule is c1ccc(-c2cc(-c3ccccc3-n3c4cccc5c4c4c6c(cccc6ccc43)-c3ccccc3-5)nc(-c3ccccc3)n2)cc1. The molecule has 0 aliphatic heterocycles. The van der Waals surface area contributed by atoms with Gasteiger partial charge in [0.05, 0.1) is 28.1 Å². The fourth-order valence-corrected chi connectivity index (χ4v) is 7.53. The zero-order chi connectivity index (χ0) is 30.9. The molecule has 47 heavy (non-hydrogen) atoms.